The van der Waals surface area contributed by atoms with Crippen LogP contribution >= 0.6 is 11.8 Å². The van der Waals surface area contributed by atoms with Gasteiger partial charge in [-0.25, -0.2) is 0 Å². The molecule has 1 amide bonds. The highest BCUT2D eigenvalue weighted by atomic mass is 32.2. The average molecular weight is 411 g/mol. The quantitative estimate of drug-likeness (QED) is 0.294. The van der Waals surface area contributed by atoms with Crippen molar-refractivity contribution in [3.63, 3.8) is 0 Å². The lowest BCUT2D eigenvalue weighted by atomic mass is 10.1. The van der Waals surface area contributed by atoms with Crippen LogP contribution < -0.4 is 0 Å². The Morgan fingerprint density at radius 1 is 1.17 bits per heavy atom. The van der Waals surface area contributed by atoms with Crippen LogP contribution in [0.25, 0.3) is 11.3 Å². The molecule has 1 heterocycles. The van der Waals surface area contributed by atoms with Crippen molar-refractivity contribution in [3.8, 4) is 11.3 Å². The molecule has 0 spiro atoms. The normalized spacial score (nSPS) is 10.7. The van der Waals surface area contributed by atoms with Gasteiger partial charge in [0.2, 0.25) is 5.91 Å². The monoisotopic (exact) mass is 411 g/mol. The molecule has 0 unspecified atom stereocenters. The van der Waals surface area contributed by atoms with Crippen LogP contribution in [-0.4, -0.2) is 40.2 Å². The Balaban J connectivity index is 1.41. The Hall–Kier alpha value is -3.13. The van der Waals surface area contributed by atoms with E-state index < -0.39 is 4.92 Å². The summed E-state index contributed by atoms with van der Waals surface area (Å²) in [6, 6.07) is 18.0. The largest absolute Gasteiger partial charge is 0.361 e. The molecule has 8 heteroatoms. The first-order valence-corrected chi connectivity index (χ1v) is 10.1. The lowest BCUT2D eigenvalue weighted by Gasteiger charge is -2.16. The highest BCUT2D eigenvalue weighted by Gasteiger charge is 2.12. The van der Waals surface area contributed by atoms with Gasteiger partial charge in [0.25, 0.3) is 5.69 Å². The molecule has 0 aliphatic heterocycles. The average Bonchev–Trinajstić information content (AvgIpc) is 3.21. The van der Waals surface area contributed by atoms with Gasteiger partial charge in [0.15, 0.2) is 0 Å². The van der Waals surface area contributed by atoms with Crippen LogP contribution in [0.5, 0.6) is 0 Å². The number of rotatable bonds is 9. The number of aromatic nitrogens is 1. The summed E-state index contributed by atoms with van der Waals surface area (Å²) in [6.45, 7) is 0.612. The molecular formula is C21H21N3O4S. The van der Waals surface area contributed by atoms with Gasteiger partial charge in [-0.05, 0) is 18.6 Å². The van der Waals surface area contributed by atoms with E-state index in [1.165, 1.54) is 23.9 Å². The minimum atomic E-state index is -0.440. The molecular weight excluding hydrogens is 390 g/mol. The van der Waals surface area contributed by atoms with Crippen molar-refractivity contribution in [2.45, 2.75) is 17.7 Å². The fourth-order valence-corrected chi connectivity index (χ4v) is 3.55. The first-order chi connectivity index (χ1) is 14.0. The van der Waals surface area contributed by atoms with Gasteiger partial charge in [-0.2, -0.15) is 0 Å². The topological polar surface area (TPSA) is 89.5 Å². The summed E-state index contributed by atoms with van der Waals surface area (Å²) >= 11 is 1.37. The van der Waals surface area contributed by atoms with Crippen molar-refractivity contribution in [2.75, 3.05) is 19.3 Å². The van der Waals surface area contributed by atoms with Crippen LogP contribution in [0.4, 0.5) is 5.69 Å². The first kappa shape index (κ1) is 20.6. The fourth-order valence-electron chi connectivity index (χ4n) is 2.71. The third-order valence-electron chi connectivity index (χ3n) is 4.38. The standard InChI is InChI=1S/C21H21N3O4S/c1-23(21(25)15-29-19-11-9-17(10-12-19)24(26)27)13-5-8-18-14-20(22-28-18)16-6-3-2-4-7-16/h2-4,6-7,9-12,14H,5,8,13,15H2,1H3. The van der Waals surface area contributed by atoms with E-state index in [9.17, 15) is 14.9 Å². The van der Waals surface area contributed by atoms with Gasteiger partial charge in [-0.3, -0.25) is 14.9 Å². The van der Waals surface area contributed by atoms with Gasteiger partial charge in [-0.15, -0.1) is 11.8 Å². The Kier molecular flexibility index (Phi) is 7.02. The fraction of sp³-hybridized carbons (Fsp3) is 0.238. The third kappa shape index (κ3) is 5.92. The highest BCUT2D eigenvalue weighted by molar-refractivity contribution is 8.00. The molecule has 0 fully saturated rings. The number of carbonyl (C=O) groups excluding carboxylic acids is 1. The molecule has 7 nitrogen and oxygen atoms in total. The number of nitrogens with zero attached hydrogens (tertiary/aromatic N) is 3. The van der Waals surface area contributed by atoms with Gasteiger partial charge < -0.3 is 9.42 Å². The van der Waals surface area contributed by atoms with E-state index >= 15 is 0 Å². The molecule has 2 aromatic carbocycles. The molecule has 29 heavy (non-hydrogen) atoms. The third-order valence-corrected chi connectivity index (χ3v) is 5.38. The summed E-state index contributed by atoms with van der Waals surface area (Å²) < 4.78 is 5.39. The van der Waals surface area contributed by atoms with E-state index in [0.29, 0.717) is 13.0 Å². The van der Waals surface area contributed by atoms with E-state index in [2.05, 4.69) is 5.16 Å². The Bertz CT molecular complexity index is 958. The summed E-state index contributed by atoms with van der Waals surface area (Å²) in [5, 5.41) is 14.8. The Morgan fingerprint density at radius 2 is 1.90 bits per heavy atom. The highest BCUT2D eigenvalue weighted by Crippen LogP contribution is 2.22. The smallest absolute Gasteiger partial charge is 0.269 e. The molecule has 0 saturated heterocycles. The van der Waals surface area contributed by atoms with Crippen molar-refractivity contribution >= 4 is 23.4 Å². The van der Waals surface area contributed by atoms with E-state index in [1.54, 1.807) is 24.1 Å². The maximum absolute atomic E-state index is 12.3. The second kappa shape index (κ2) is 9.88. The number of thioether (sulfide) groups is 1. The number of nitro benzene ring substituents is 1. The van der Waals surface area contributed by atoms with Crippen LogP contribution in [0.1, 0.15) is 12.2 Å². The summed E-state index contributed by atoms with van der Waals surface area (Å²) in [7, 11) is 1.77. The van der Waals surface area contributed by atoms with Gasteiger partial charge >= 0.3 is 0 Å². The van der Waals surface area contributed by atoms with Crippen LogP contribution in [0, 0.1) is 10.1 Å². The molecule has 0 atom stereocenters. The molecule has 1 aromatic heterocycles. The molecule has 150 valence electrons. The molecule has 0 bridgehead atoms. The number of non-ortho nitro benzene ring substituents is 1. The second-order valence-corrected chi connectivity index (χ2v) is 7.55. The minimum Gasteiger partial charge on any atom is -0.361 e. The van der Waals surface area contributed by atoms with E-state index in [4.69, 9.17) is 4.52 Å². The molecule has 0 aliphatic rings. The number of aryl methyl sites for hydroxylation is 1. The predicted octanol–water partition coefficient (Wildman–Crippen LogP) is 4.43. The van der Waals surface area contributed by atoms with E-state index in [-0.39, 0.29) is 17.3 Å². The van der Waals surface area contributed by atoms with Crippen LogP contribution in [0.15, 0.2) is 70.1 Å². The predicted molar refractivity (Wildman–Crippen MR) is 112 cm³/mol. The van der Waals surface area contributed by atoms with E-state index in [1.807, 2.05) is 36.4 Å². The molecule has 0 aliphatic carbocycles. The van der Waals surface area contributed by atoms with Crippen LogP contribution in [0.3, 0.4) is 0 Å². The van der Waals surface area contributed by atoms with Crippen molar-refractivity contribution in [1.82, 2.24) is 10.1 Å². The molecule has 3 rings (SSSR count). The minimum absolute atomic E-state index is 0.0101. The number of carbonyl (C=O) groups is 1. The molecule has 0 saturated carbocycles. The Labute approximate surface area is 172 Å². The van der Waals surface area contributed by atoms with E-state index in [0.717, 1.165) is 28.3 Å². The zero-order chi connectivity index (χ0) is 20.6. The lowest BCUT2D eigenvalue weighted by molar-refractivity contribution is -0.384. The Morgan fingerprint density at radius 3 is 2.59 bits per heavy atom. The number of nitro groups is 1. The van der Waals surface area contributed by atoms with Gasteiger partial charge in [0.1, 0.15) is 11.5 Å². The molecule has 0 radical (unpaired) electrons. The zero-order valence-corrected chi connectivity index (χ0v) is 16.8. The maximum Gasteiger partial charge on any atom is 0.269 e. The van der Waals surface area contributed by atoms with Gasteiger partial charge in [0, 0.05) is 48.7 Å². The summed E-state index contributed by atoms with van der Waals surface area (Å²) in [4.78, 5) is 25.0. The number of hydrogen-bond acceptors (Lipinski definition) is 6. The second-order valence-electron chi connectivity index (χ2n) is 6.50. The van der Waals surface area contributed by atoms with Crippen molar-refractivity contribution in [3.05, 3.63) is 76.5 Å². The lowest BCUT2D eigenvalue weighted by Crippen LogP contribution is -2.29. The number of amides is 1. The molecule has 3 aromatic rings. The van der Waals surface area contributed by atoms with Crippen molar-refractivity contribution in [2.24, 2.45) is 0 Å². The van der Waals surface area contributed by atoms with Crippen molar-refractivity contribution in [1.29, 1.82) is 0 Å². The zero-order valence-electron chi connectivity index (χ0n) is 16.0. The van der Waals surface area contributed by atoms with Crippen LogP contribution in [-0.2, 0) is 11.2 Å². The summed E-state index contributed by atoms with van der Waals surface area (Å²) in [6.07, 6.45) is 1.47. The number of hydrogen-bond donors (Lipinski definition) is 0. The van der Waals surface area contributed by atoms with Gasteiger partial charge in [0.05, 0.1) is 10.7 Å². The van der Waals surface area contributed by atoms with Crippen molar-refractivity contribution < 1.29 is 14.2 Å². The number of benzene rings is 2. The summed E-state index contributed by atoms with van der Waals surface area (Å²) in [5.41, 5.74) is 1.86. The SMILES string of the molecule is CN(CCCc1cc(-c2ccccc2)no1)C(=O)CSc1ccc([N+](=O)[O-])cc1. The maximum atomic E-state index is 12.3. The van der Waals surface area contributed by atoms with Gasteiger partial charge in [-0.1, -0.05) is 35.5 Å². The molecule has 0 N–H and O–H groups in total. The van der Waals surface area contributed by atoms with Crippen LogP contribution in [0.2, 0.25) is 0 Å². The summed E-state index contributed by atoms with van der Waals surface area (Å²) in [5.74, 6) is 1.09. The first-order valence-electron chi connectivity index (χ1n) is 9.15.